The molecule has 0 unspecified atom stereocenters. The number of rotatable bonds is 4. The van der Waals surface area contributed by atoms with Crippen molar-refractivity contribution in [1.82, 2.24) is 9.88 Å². The van der Waals surface area contributed by atoms with Crippen molar-refractivity contribution in [1.29, 1.82) is 0 Å². The number of carbonyl (C=O) groups is 1. The van der Waals surface area contributed by atoms with Crippen LogP contribution in [0.15, 0.2) is 18.3 Å². The summed E-state index contributed by atoms with van der Waals surface area (Å²) in [5.41, 5.74) is 0.274. The van der Waals surface area contributed by atoms with E-state index in [4.69, 9.17) is 0 Å². The van der Waals surface area contributed by atoms with E-state index in [1.54, 1.807) is 4.90 Å². The predicted molar refractivity (Wildman–Crippen MR) is 64.2 cm³/mol. The van der Waals surface area contributed by atoms with E-state index in [0.29, 0.717) is 11.9 Å². The molecule has 1 rings (SSSR count). The molecule has 0 bridgehead atoms. The third kappa shape index (κ3) is 3.27. The molecule has 1 aromatic heterocycles. The smallest absolute Gasteiger partial charge is 0.272 e. The standard InChI is InChI=1S/C11H14BrFN2O/c1-8(2)15(6-5-12)11(16)10-4-3-9(13)7-14-10/h3-4,7-8H,5-6H2,1-2H3. The molecule has 0 atom stereocenters. The van der Waals surface area contributed by atoms with E-state index in [-0.39, 0.29) is 17.6 Å². The van der Waals surface area contributed by atoms with Gasteiger partial charge in [0.25, 0.3) is 5.91 Å². The number of halogens is 2. The minimum atomic E-state index is -0.437. The maximum atomic E-state index is 12.7. The molecule has 0 fully saturated rings. The highest BCUT2D eigenvalue weighted by Crippen LogP contribution is 2.07. The summed E-state index contributed by atoms with van der Waals surface area (Å²) in [5, 5.41) is 0.706. The zero-order valence-electron chi connectivity index (χ0n) is 9.28. The minimum absolute atomic E-state index is 0.0944. The first-order valence-electron chi connectivity index (χ1n) is 5.04. The van der Waals surface area contributed by atoms with Crippen molar-refractivity contribution in [3.05, 3.63) is 29.8 Å². The molecule has 88 valence electrons. The predicted octanol–water partition coefficient (Wildman–Crippen LogP) is 2.47. The second-order valence-corrected chi connectivity index (χ2v) is 4.44. The van der Waals surface area contributed by atoms with Crippen LogP contribution < -0.4 is 0 Å². The zero-order chi connectivity index (χ0) is 12.1. The average Bonchev–Trinajstić information content (AvgIpc) is 2.25. The van der Waals surface area contributed by atoms with Crippen LogP contribution in [0.5, 0.6) is 0 Å². The van der Waals surface area contributed by atoms with E-state index in [9.17, 15) is 9.18 Å². The van der Waals surface area contributed by atoms with Gasteiger partial charge in [0.2, 0.25) is 0 Å². The van der Waals surface area contributed by atoms with Crippen LogP contribution in [-0.2, 0) is 0 Å². The van der Waals surface area contributed by atoms with Gasteiger partial charge >= 0.3 is 0 Å². The van der Waals surface area contributed by atoms with Crippen LogP contribution >= 0.6 is 15.9 Å². The molecule has 5 heteroatoms. The van der Waals surface area contributed by atoms with Crippen LogP contribution in [-0.4, -0.2) is 33.7 Å². The molecular formula is C11H14BrFN2O. The lowest BCUT2D eigenvalue weighted by molar-refractivity contribution is 0.0713. The molecule has 1 amide bonds. The van der Waals surface area contributed by atoms with Crippen LogP contribution in [0.3, 0.4) is 0 Å². The van der Waals surface area contributed by atoms with Crippen molar-refractivity contribution >= 4 is 21.8 Å². The van der Waals surface area contributed by atoms with Crippen LogP contribution in [0.25, 0.3) is 0 Å². The number of hydrogen-bond donors (Lipinski definition) is 0. The van der Waals surface area contributed by atoms with Crippen molar-refractivity contribution in [3.8, 4) is 0 Å². The number of pyridine rings is 1. The lowest BCUT2D eigenvalue weighted by Crippen LogP contribution is -2.38. The van der Waals surface area contributed by atoms with Gasteiger partial charge in [-0.1, -0.05) is 15.9 Å². The van der Waals surface area contributed by atoms with Gasteiger partial charge in [-0.2, -0.15) is 0 Å². The summed E-state index contributed by atoms with van der Waals surface area (Å²) in [6.07, 6.45) is 1.06. The molecule has 3 nitrogen and oxygen atoms in total. The Labute approximate surface area is 103 Å². The maximum Gasteiger partial charge on any atom is 0.272 e. The summed E-state index contributed by atoms with van der Waals surface area (Å²) in [6, 6.07) is 2.74. The summed E-state index contributed by atoms with van der Waals surface area (Å²) < 4.78 is 12.7. The van der Waals surface area contributed by atoms with E-state index in [1.165, 1.54) is 12.1 Å². The quantitative estimate of drug-likeness (QED) is 0.798. The van der Waals surface area contributed by atoms with Crippen LogP contribution in [0, 0.1) is 5.82 Å². The van der Waals surface area contributed by atoms with Gasteiger partial charge in [-0.15, -0.1) is 0 Å². The molecule has 0 saturated carbocycles. The second-order valence-electron chi connectivity index (χ2n) is 3.64. The Morgan fingerprint density at radius 3 is 2.69 bits per heavy atom. The Hall–Kier alpha value is -0.970. The summed E-state index contributed by atoms with van der Waals surface area (Å²) >= 11 is 3.30. The molecule has 0 aromatic carbocycles. The minimum Gasteiger partial charge on any atom is -0.334 e. The molecule has 1 aromatic rings. The topological polar surface area (TPSA) is 33.2 Å². The lowest BCUT2D eigenvalue weighted by Gasteiger charge is -2.25. The fourth-order valence-corrected chi connectivity index (χ4v) is 1.72. The Morgan fingerprint density at radius 1 is 1.56 bits per heavy atom. The fraction of sp³-hybridized carbons (Fsp3) is 0.455. The first-order chi connectivity index (χ1) is 7.56. The molecule has 0 radical (unpaired) electrons. The van der Waals surface area contributed by atoms with Crippen molar-refractivity contribution < 1.29 is 9.18 Å². The highest BCUT2D eigenvalue weighted by atomic mass is 79.9. The average molecular weight is 289 g/mol. The summed E-state index contributed by atoms with van der Waals surface area (Å²) in [4.78, 5) is 17.5. The third-order valence-corrected chi connectivity index (χ3v) is 2.51. The zero-order valence-corrected chi connectivity index (χ0v) is 10.9. The lowest BCUT2D eigenvalue weighted by atomic mass is 10.2. The van der Waals surface area contributed by atoms with Gasteiger partial charge in [0.1, 0.15) is 11.5 Å². The maximum absolute atomic E-state index is 12.7. The number of nitrogens with zero attached hydrogens (tertiary/aromatic N) is 2. The van der Waals surface area contributed by atoms with Crippen molar-refractivity contribution in [3.63, 3.8) is 0 Å². The Bertz CT molecular complexity index is 354. The molecule has 0 aliphatic rings. The summed E-state index contributed by atoms with van der Waals surface area (Å²) in [5.74, 6) is -0.609. The Morgan fingerprint density at radius 2 is 2.25 bits per heavy atom. The van der Waals surface area contributed by atoms with Gasteiger partial charge in [-0.3, -0.25) is 4.79 Å². The van der Waals surface area contributed by atoms with Crippen LogP contribution in [0.1, 0.15) is 24.3 Å². The molecule has 0 N–H and O–H groups in total. The van der Waals surface area contributed by atoms with Gasteiger partial charge in [-0.05, 0) is 26.0 Å². The van der Waals surface area contributed by atoms with Gasteiger partial charge in [0.15, 0.2) is 0 Å². The number of hydrogen-bond acceptors (Lipinski definition) is 2. The molecule has 0 aliphatic carbocycles. The van der Waals surface area contributed by atoms with Gasteiger partial charge in [0, 0.05) is 17.9 Å². The first kappa shape index (κ1) is 13.1. The van der Waals surface area contributed by atoms with E-state index in [2.05, 4.69) is 20.9 Å². The van der Waals surface area contributed by atoms with Crippen molar-refractivity contribution in [2.24, 2.45) is 0 Å². The van der Waals surface area contributed by atoms with Gasteiger partial charge in [0.05, 0.1) is 6.20 Å². The largest absolute Gasteiger partial charge is 0.334 e. The number of aromatic nitrogens is 1. The Kier molecular flexibility index (Phi) is 4.86. The number of amides is 1. The van der Waals surface area contributed by atoms with E-state index >= 15 is 0 Å². The highest BCUT2D eigenvalue weighted by molar-refractivity contribution is 9.09. The molecule has 0 saturated heterocycles. The molecular weight excluding hydrogens is 275 g/mol. The molecule has 0 spiro atoms. The monoisotopic (exact) mass is 288 g/mol. The first-order valence-corrected chi connectivity index (χ1v) is 6.17. The SMILES string of the molecule is CC(C)N(CCBr)C(=O)c1ccc(F)cn1. The number of carbonyl (C=O) groups excluding carboxylic acids is 1. The Balaban J connectivity index is 2.86. The van der Waals surface area contributed by atoms with E-state index < -0.39 is 5.82 Å². The van der Waals surface area contributed by atoms with Crippen LogP contribution in [0.2, 0.25) is 0 Å². The molecule has 1 heterocycles. The van der Waals surface area contributed by atoms with Crippen molar-refractivity contribution in [2.45, 2.75) is 19.9 Å². The van der Waals surface area contributed by atoms with Gasteiger partial charge in [-0.25, -0.2) is 9.37 Å². The number of alkyl halides is 1. The van der Waals surface area contributed by atoms with Crippen molar-refractivity contribution in [2.75, 3.05) is 11.9 Å². The van der Waals surface area contributed by atoms with Gasteiger partial charge < -0.3 is 4.90 Å². The fourth-order valence-electron chi connectivity index (χ4n) is 1.33. The van der Waals surface area contributed by atoms with Crippen LogP contribution in [0.4, 0.5) is 4.39 Å². The highest BCUT2D eigenvalue weighted by Gasteiger charge is 2.18. The van der Waals surface area contributed by atoms with E-state index in [1.807, 2.05) is 13.8 Å². The second kappa shape index (κ2) is 5.94. The summed E-state index contributed by atoms with van der Waals surface area (Å²) in [6.45, 7) is 4.48. The molecule has 0 aliphatic heterocycles. The van der Waals surface area contributed by atoms with E-state index in [0.717, 1.165) is 6.20 Å². The third-order valence-electron chi connectivity index (χ3n) is 2.16. The normalized spacial score (nSPS) is 10.6. The molecule has 16 heavy (non-hydrogen) atoms. The summed E-state index contributed by atoms with van der Waals surface area (Å²) in [7, 11) is 0.